The zero-order chi connectivity index (χ0) is 21.4. The van der Waals surface area contributed by atoms with Crippen molar-refractivity contribution in [2.45, 2.75) is 44.2 Å². The van der Waals surface area contributed by atoms with Crippen LogP contribution in [-0.2, 0) is 23.1 Å². The Morgan fingerprint density at radius 3 is 2.45 bits per heavy atom. The summed E-state index contributed by atoms with van der Waals surface area (Å²) in [5.41, 5.74) is 1.63. The highest BCUT2D eigenvalue weighted by molar-refractivity contribution is 14.0. The first-order valence-corrected chi connectivity index (χ1v) is 11.8. The monoisotopic (exact) mass is 560 g/mol. The molecule has 3 rings (SSSR count). The van der Waals surface area contributed by atoms with Crippen LogP contribution in [0.1, 0.15) is 37.3 Å². The Balaban J connectivity index is 0.00000341. The fourth-order valence-electron chi connectivity index (χ4n) is 3.40. The van der Waals surface area contributed by atoms with E-state index in [9.17, 15) is 12.8 Å². The second-order valence-corrected chi connectivity index (χ2v) is 9.23. The Hall–Kier alpha value is -1.72. The largest absolute Gasteiger partial charge is 0.357 e. The number of benzene rings is 2. The van der Waals surface area contributed by atoms with Gasteiger partial charge in [-0.15, -0.1) is 24.0 Å². The van der Waals surface area contributed by atoms with Gasteiger partial charge in [0.15, 0.2) is 5.96 Å². The normalized spacial score (nSPS) is 15.2. The van der Waals surface area contributed by atoms with Gasteiger partial charge < -0.3 is 10.6 Å². The average Bonchev–Trinajstić information content (AvgIpc) is 2.76. The molecular formula is C22H30FIN4O2S. The third-order valence-electron chi connectivity index (χ3n) is 4.96. The van der Waals surface area contributed by atoms with Crippen molar-refractivity contribution in [2.75, 3.05) is 19.6 Å². The summed E-state index contributed by atoms with van der Waals surface area (Å²) in [6.45, 7) is 4.59. The number of guanidine groups is 1. The number of nitrogens with zero attached hydrogens (tertiary/aromatic N) is 2. The van der Waals surface area contributed by atoms with Gasteiger partial charge in [0, 0.05) is 26.2 Å². The van der Waals surface area contributed by atoms with Crippen LogP contribution >= 0.6 is 24.0 Å². The number of sulfonamides is 1. The van der Waals surface area contributed by atoms with E-state index in [1.54, 1.807) is 28.6 Å². The molecule has 0 bridgehead atoms. The van der Waals surface area contributed by atoms with E-state index in [4.69, 9.17) is 0 Å². The zero-order valence-electron chi connectivity index (χ0n) is 17.7. The van der Waals surface area contributed by atoms with E-state index < -0.39 is 10.0 Å². The van der Waals surface area contributed by atoms with Crippen LogP contribution in [0.4, 0.5) is 4.39 Å². The minimum Gasteiger partial charge on any atom is -0.357 e. The summed E-state index contributed by atoms with van der Waals surface area (Å²) in [7, 11) is -3.46. The maximum absolute atomic E-state index is 13.3. The number of aliphatic imine (C=N–C) groups is 1. The van der Waals surface area contributed by atoms with Gasteiger partial charge in [-0.3, -0.25) is 0 Å². The van der Waals surface area contributed by atoms with Crippen molar-refractivity contribution < 1.29 is 12.8 Å². The molecule has 2 aromatic rings. The summed E-state index contributed by atoms with van der Waals surface area (Å²) in [6, 6.07) is 13.4. The maximum Gasteiger partial charge on any atom is 0.243 e. The lowest BCUT2D eigenvalue weighted by molar-refractivity contribution is 0.346. The highest BCUT2D eigenvalue weighted by atomic mass is 127. The standard InChI is InChI=1S/C22H29FN4O2S.HI/c1-2-24-22(25-16-18-8-6-10-20(23)14-18)26-17-19-9-7-11-21(15-19)30(28,29)27-12-4-3-5-13-27;/h6-11,14-15H,2-5,12-13,16-17H2,1H3,(H2,24,25,26);1H. The summed E-state index contributed by atoms with van der Waals surface area (Å²) in [5, 5.41) is 6.37. The van der Waals surface area contributed by atoms with Gasteiger partial charge >= 0.3 is 0 Å². The maximum atomic E-state index is 13.3. The first-order valence-electron chi connectivity index (χ1n) is 10.3. The molecule has 31 heavy (non-hydrogen) atoms. The molecule has 0 saturated carbocycles. The van der Waals surface area contributed by atoms with Crippen molar-refractivity contribution in [3.8, 4) is 0 Å². The number of hydrogen-bond donors (Lipinski definition) is 2. The molecule has 0 atom stereocenters. The molecule has 9 heteroatoms. The van der Waals surface area contributed by atoms with Crippen LogP contribution in [-0.4, -0.2) is 38.3 Å². The first kappa shape index (κ1) is 25.5. The molecule has 0 unspecified atom stereocenters. The number of piperidine rings is 1. The highest BCUT2D eigenvalue weighted by Gasteiger charge is 2.25. The summed E-state index contributed by atoms with van der Waals surface area (Å²) in [6.07, 6.45) is 2.90. The molecule has 6 nitrogen and oxygen atoms in total. The van der Waals surface area contributed by atoms with Crippen molar-refractivity contribution in [2.24, 2.45) is 4.99 Å². The van der Waals surface area contributed by atoms with Crippen molar-refractivity contribution in [3.63, 3.8) is 0 Å². The quantitative estimate of drug-likeness (QED) is 0.307. The summed E-state index contributed by atoms with van der Waals surface area (Å²) < 4.78 is 40.7. The number of nitrogens with one attached hydrogen (secondary N) is 2. The van der Waals surface area contributed by atoms with E-state index >= 15 is 0 Å². The number of halogens is 2. The van der Waals surface area contributed by atoms with Gasteiger partial charge in [0.25, 0.3) is 0 Å². The van der Waals surface area contributed by atoms with E-state index in [-0.39, 0.29) is 29.8 Å². The highest BCUT2D eigenvalue weighted by Crippen LogP contribution is 2.21. The van der Waals surface area contributed by atoms with Crippen molar-refractivity contribution in [1.29, 1.82) is 0 Å². The van der Waals surface area contributed by atoms with Crippen LogP contribution in [0.15, 0.2) is 58.4 Å². The fourth-order valence-corrected chi connectivity index (χ4v) is 4.99. The molecule has 170 valence electrons. The van der Waals surface area contributed by atoms with Gasteiger partial charge in [-0.25, -0.2) is 17.8 Å². The van der Waals surface area contributed by atoms with Gasteiger partial charge in [-0.1, -0.05) is 30.7 Å². The fraction of sp³-hybridized carbons (Fsp3) is 0.409. The minimum absolute atomic E-state index is 0. The lowest BCUT2D eigenvalue weighted by Crippen LogP contribution is -2.37. The molecule has 0 aromatic heterocycles. The molecular weight excluding hydrogens is 530 g/mol. The molecule has 2 N–H and O–H groups in total. The van der Waals surface area contributed by atoms with E-state index in [0.29, 0.717) is 43.6 Å². The SMILES string of the molecule is CCNC(=NCc1cccc(F)c1)NCc1cccc(S(=O)(=O)N2CCCCC2)c1.I. The first-order chi connectivity index (χ1) is 14.5. The second-order valence-electron chi connectivity index (χ2n) is 7.29. The van der Waals surface area contributed by atoms with Crippen molar-refractivity contribution >= 4 is 40.0 Å². The van der Waals surface area contributed by atoms with Gasteiger partial charge in [-0.2, -0.15) is 4.31 Å². The summed E-state index contributed by atoms with van der Waals surface area (Å²) >= 11 is 0. The van der Waals surface area contributed by atoms with Crippen molar-refractivity contribution in [3.05, 3.63) is 65.5 Å². The minimum atomic E-state index is -3.46. The Morgan fingerprint density at radius 2 is 1.74 bits per heavy atom. The molecule has 1 aliphatic heterocycles. The molecule has 1 aliphatic rings. The van der Waals surface area contributed by atoms with Crippen LogP contribution in [0.3, 0.4) is 0 Å². The molecule has 0 radical (unpaired) electrons. The molecule has 1 fully saturated rings. The van der Waals surface area contributed by atoms with Gasteiger partial charge in [-0.05, 0) is 55.2 Å². The predicted octanol–water partition coefficient (Wildman–Crippen LogP) is 3.87. The van der Waals surface area contributed by atoms with Gasteiger partial charge in [0.2, 0.25) is 10.0 Å². The zero-order valence-corrected chi connectivity index (χ0v) is 20.8. The molecule has 0 aliphatic carbocycles. The summed E-state index contributed by atoms with van der Waals surface area (Å²) in [4.78, 5) is 4.81. The van der Waals surface area contributed by atoms with Crippen molar-refractivity contribution in [1.82, 2.24) is 14.9 Å². The van der Waals surface area contributed by atoms with Gasteiger partial charge in [0.1, 0.15) is 5.82 Å². The predicted molar refractivity (Wildman–Crippen MR) is 133 cm³/mol. The number of rotatable bonds is 7. The summed E-state index contributed by atoms with van der Waals surface area (Å²) in [5.74, 6) is 0.304. The molecule has 0 amide bonds. The van der Waals surface area contributed by atoms with Crippen LogP contribution < -0.4 is 10.6 Å². The molecule has 1 heterocycles. The van der Waals surface area contributed by atoms with Crippen LogP contribution in [0.2, 0.25) is 0 Å². The lowest BCUT2D eigenvalue weighted by atomic mass is 10.2. The Kier molecular flexibility index (Phi) is 10.2. The smallest absolute Gasteiger partial charge is 0.243 e. The van der Waals surface area contributed by atoms with E-state index in [0.717, 1.165) is 30.4 Å². The number of hydrogen-bond acceptors (Lipinski definition) is 3. The van der Waals surface area contributed by atoms with Crippen LogP contribution in [0.5, 0.6) is 0 Å². The Morgan fingerprint density at radius 1 is 1.03 bits per heavy atom. The van der Waals surface area contributed by atoms with Crippen LogP contribution in [0.25, 0.3) is 0 Å². The lowest BCUT2D eigenvalue weighted by Gasteiger charge is -2.26. The van der Waals surface area contributed by atoms with Gasteiger partial charge in [0.05, 0.1) is 11.4 Å². The van der Waals surface area contributed by atoms with E-state index in [2.05, 4.69) is 15.6 Å². The van der Waals surface area contributed by atoms with Crippen LogP contribution in [0, 0.1) is 5.82 Å². The Labute approximate surface area is 201 Å². The second kappa shape index (κ2) is 12.4. The molecule has 2 aromatic carbocycles. The molecule has 1 saturated heterocycles. The van der Waals surface area contributed by atoms with E-state index in [1.165, 1.54) is 12.1 Å². The third kappa shape index (κ3) is 7.43. The molecule has 0 spiro atoms. The third-order valence-corrected chi connectivity index (χ3v) is 6.86. The van der Waals surface area contributed by atoms with E-state index in [1.807, 2.05) is 19.1 Å². The average molecular weight is 560 g/mol. The topological polar surface area (TPSA) is 73.8 Å². The Bertz CT molecular complexity index is 979.